The number of aryl methyl sites for hydroxylation is 2. The summed E-state index contributed by atoms with van der Waals surface area (Å²) in [5, 5.41) is 0. The van der Waals surface area contributed by atoms with E-state index in [0.29, 0.717) is 37.4 Å². The number of carbonyl (C=O) groups is 1. The standard InChI is InChI=1S/C27H30FN3O2/c1-20-15-24(16-21(2)26(20)33-19-22-7-5-10-29-17-22)27(32)31-12-6-11-30(13-14-31)18-23-8-3-4-9-25(23)28/h3-5,7-10,15-17H,6,11-14,18-19H2,1-2H3. The number of nitrogens with zero attached hydrogens (tertiary/aromatic N) is 3. The van der Waals surface area contributed by atoms with Gasteiger partial charge in [-0.1, -0.05) is 24.3 Å². The van der Waals surface area contributed by atoms with Crippen LogP contribution in [0.4, 0.5) is 4.39 Å². The van der Waals surface area contributed by atoms with E-state index in [-0.39, 0.29) is 11.7 Å². The van der Waals surface area contributed by atoms with Gasteiger partial charge in [-0.05, 0) is 55.7 Å². The number of carbonyl (C=O) groups excluding carboxylic acids is 1. The fourth-order valence-electron chi connectivity index (χ4n) is 4.32. The maximum Gasteiger partial charge on any atom is 0.253 e. The van der Waals surface area contributed by atoms with Crippen molar-refractivity contribution in [2.24, 2.45) is 0 Å². The van der Waals surface area contributed by atoms with Crippen LogP contribution in [0.25, 0.3) is 0 Å². The molecule has 2 heterocycles. The molecule has 0 N–H and O–H groups in total. The van der Waals surface area contributed by atoms with Gasteiger partial charge in [0.05, 0.1) is 0 Å². The molecule has 5 nitrogen and oxygen atoms in total. The van der Waals surface area contributed by atoms with Crippen LogP contribution in [0.3, 0.4) is 0 Å². The Labute approximate surface area is 194 Å². The highest BCUT2D eigenvalue weighted by Crippen LogP contribution is 2.27. The van der Waals surface area contributed by atoms with Crippen molar-refractivity contribution < 1.29 is 13.9 Å². The number of hydrogen-bond donors (Lipinski definition) is 0. The van der Waals surface area contributed by atoms with Crippen LogP contribution in [0.5, 0.6) is 5.75 Å². The molecule has 1 amide bonds. The van der Waals surface area contributed by atoms with E-state index >= 15 is 0 Å². The molecule has 1 aliphatic rings. The van der Waals surface area contributed by atoms with Gasteiger partial charge in [0.15, 0.2) is 0 Å². The van der Waals surface area contributed by atoms with E-state index in [1.807, 2.05) is 55.1 Å². The van der Waals surface area contributed by atoms with Gasteiger partial charge in [0.1, 0.15) is 18.2 Å². The zero-order valence-electron chi connectivity index (χ0n) is 19.3. The van der Waals surface area contributed by atoms with Crippen molar-refractivity contribution in [1.29, 1.82) is 0 Å². The Balaban J connectivity index is 1.39. The van der Waals surface area contributed by atoms with Crippen LogP contribution in [-0.2, 0) is 13.2 Å². The largest absolute Gasteiger partial charge is 0.488 e. The van der Waals surface area contributed by atoms with Gasteiger partial charge in [0.25, 0.3) is 5.91 Å². The highest BCUT2D eigenvalue weighted by molar-refractivity contribution is 5.95. The van der Waals surface area contributed by atoms with E-state index < -0.39 is 0 Å². The van der Waals surface area contributed by atoms with E-state index in [4.69, 9.17) is 4.74 Å². The van der Waals surface area contributed by atoms with Gasteiger partial charge in [-0.3, -0.25) is 14.7 Å². The van der Waals surface area contributed by atoms with Gasteiger partial charge in [-0.2, -0.15) is 0 Å². The minimum Gasteiger partial charge on any atom is -0.488 e. The van der Waals surface area contributed by atoms with E-state index in [1.54, 1.807) is 18.5 Å². The smallest absolute Gasteiger partial charge is 0.253 e. The van der Waals surface area contributed by atoms with Crippen molar-refractivity contribution in [3.63, 3.8) is 0 Å². The lowest BCUT2D eigenvalue weighted by molar-refractivity contribution is 0.0760. The lowest BCUT2D eigenvalue weighted by atomic mass is 10.0. The van der Waals surface area contributed by atoms with Crippen LogP contribution < -0.4 is 4.74 Å². The summed E-state index contributed by atoms with van der Waals surface area (Å²) in [4.78, 5) is 21.5. The predicted octanol–water partition coefficient (Wildman–Crippen LogP) is 4.76. The first kappa shape index (κ1) is 22.9. The molecule has 0 saturated carbocycles. The van der Waals surface area contributed by atoms with Crippen molar-refractivity contribution in [3.8, 4) is 5.75 Å². The number of pyridine rings is 1. The first-order valence-electron chi connectivity index (χ1n) is 11.4. The zero-order chi connectivity index (χ0) is 23.2. The molecule has 172 valence electrons. The second-order valence-electron chi connectivity index (χ2n) is 8.60. The minimum absolute atomic E-state index is 0.0350. The molecule has 1 aromatic heterocycles. The van der Waals surface area contributed by atoms with Crippen LogP contribution in [0.1, 0.15) is 39.0 Å². The van der Waals surface area contributed by atoms with E-state index in [9.17, 15) is 9.18 Å². The molecule has 6 heteroatoms. The van der Waals surface area contributed by atoms with E-state index in [2.05, 4.69) is 9.88 Å². The zero-order valence-corrected chi connectivity index (χ0v) is 19.3. The average molecular weight is 448 g/mol. The molecule has 0 aliphatic carbocycles. The third-order valence-corrected chi connectivity index (χ3v) is 6.04. The third kappa shape index (κ3) is 5.76. The normalized spacial score (nSPS) is 14.7. The summed E-state index contributed by atoms with van der Waals surface area (Å²) in [6.07, 6.45) is 4.39. The number of benzene rings is 2. The summed E-state index contributed by atoms with van der Waals surface area (Å²) in [5.41, 5.74) is 4.27. The molecule has 1 fully saturated rings. The van der Waals surface area contributed by atoms with Crippen molar-refractivity contribution in [2.45, 2.75) is 33.4 Å². The first-order chi connectivity index (χ1) is 16.0. The highest BCUT2D eigenvalue weighted by Gasteiger charge is 2.22. The molecule has 1 aliphatic heterocycles. The Morgan fingerprint density at radius 2 is 1.82 bits per heavy atom. The van der Waals surface area contributed by atoms with Gasteiger partial charge in [-0.25, -0.2) is 4.39 Å². The molecule has 0 unspecified atom stereocenters. The predicted molar refractivity (Wildman–Crippen MR) is 127 cm³/mol. The van der Waals surface area contributed by atoms with Crippen molar-refractivity contribution >= 4 is 5.91 Å². The van der Waals surface area contributed by atoms with E-state index in [0.717, 1.165) is 42.0 Å². The third-order valence-electron chi connectivity index (χ3n) is 6.04. The Kier molecular flexibility index (Phi) is 7.35. The lowest BCUT2D eigenvalue weighted by Crippen LogP contribution is -2.35. The summed E-state index contributed by atoms with van der Waals surface area (Å²) >= 11 is 0. The second kappa shape index (κ2) is 10.6. The van der Waals surface area contributed by atoms with E-state index in [1.165, 1.54) is 6.07 Å². The van der Waals surface area contributed by atoms with Crippen molar-refractivity contribution in [1.82, 2.24) is 14.8 Å². The average Bonchev–Trinajstić information content (AvgIpc) is 3.06. The first-order valence-corrected chi connectivity index (χ1v) is 11.4. The SMILES string of the molecule is Cc1cc(C(=O)N2CCCN(Cc3ccccc3F)CC2)cc(C)c1OCc1cccnc1. The fraction of sp³-hybridized carbons (Fsp3) is 0.333. The minimum atomic E-state index is -0.175. The van der Waals surface area contributed by atoms with Crippen LogP contribution in [0.15, 0.2) is 60.9 Å². The monoisotopic (exact) mass is 447 g/mol. The summed E-state index contributed by atoms with van der Waals surface area (Å²) in [5.74, 6) is 0.668. The van der Waals surface area contributed by atoms with Crippen LogP contribution in [-0.4, -0.2) is 46.9 Å². The summed E-state index contributed by atoms with van der Waals surface area (Å²) in [6.45, 7) is 7.85. The number of halogens is 1. The Morgan fingerprint density at radius 1 is 1.03 bits per heavy atom. The van der Waals surface area contributed by atoms with Gasteiger partial charge in [0.2, 0.25) is 0 Å². The molecule has 2 aromatic carbocycles. The molecule has 0 radical (unpaired) electrons. The van der Waals surface area contributed by atoms with Gasteiger partial charge in [-0.15, -0.1) is 0 Å². The molecule has 1 saturated heterocycles. The quantitative estimate of drug-likeness (QED) is 0.546. The molecule has 4 rings (SSSR count). The van der Waals surface area contributed by atoms with Crippen LogP contribution in [0, 0.1) is 19.7 Å². The lowest BCUT2D eigenvalue weighted by Gasteiger charge is -2.23. The number of hydrogen-bond acceptors (Lipinski definition) is 4. The molecule has 3 aromatic rings. The molecule has 0 spiro atoms. The molecule has 0 atom stereocenters. The number of amides is 1. The van der Waals surface area contributed by atoms with Gasteiger partial charge >= 0.3 is 0 Å². The van der Waals surface area contributed by atoms with Gasteiger partial charge < -0.3 is 9.64 Å². The summed E-state index contributed by atoms with van der Waals surface area (Å²) in [7, 11) is 0. The van der Waals surface area contributed by atoms with Crippen LogP contribution >= 0.6 is 0 Å². The number of ether oxygens (including phenoxy) is 1. The molecule has 0 bridgehead atoms. The topological polar surface area (TPSA) is 45.7 Å². The maximum atomic E-state index is 14.0. The molecular weight excluding hydrogens is 417 g/mol. The Morgan fingerprint density at radius 3 is 2.55 bits per heavy atom. The second-order valence-corrected chi connectivity index (χ2v) is 8.60. The number of aromatic nitrogens is 1. The molecular formula is C27H30FN3O2. The van der Waals surface area contributed by atoms with Crippen molar-refractivity contribution in [2.75, 3.05) is 26.2 Å². The maximum absolute atomic E-state index is 14.0. The highest BCUT2D eigenvalue weighted by atomic mass is 19.1. The van der Waals surface area contributed by atoms with Gasteiger partial charge in [0, 0.05) is 61.8 Å². The Hall–Kier alpha value is -3.25. The Bertz CT molecular complexity index is 1080. The summed E-state index contributed by atoms with van der Waals surface area (Å²) in [6, 6.07) is 14.6. The van der Waals surface area contributed by atoms with Crippen LogP contribution in [0.2, 0.25) is 0 Å². The van der Waals surface area contributed by atoms with Crippen molar-refractivity contribution in [3.05, 3.63) is 94.6 Å². The fourth-order valence-corrected chi connectivity index (χ4v) is 4.32. The summed E-state index contributed by atoms with van der Waals surface area (Å²) < 4.78 is 20.1. The molecule has 33 heavy (non-hydrogen) atoms. The number of rotatable bonds is 6.